The van der Waals surface area contributed by atoms with Gasteiger partial charge in [-0.2, -0.15) is 0 Å². The Kier molecular flexibility index (Phi) is 4.69. The van der Waals surface area contributed by atoms with Crippen LogP contribution in [0.25, 0.3) is 0 Å². The molecule has 1 N–H and O–H groups in total. The Labute approximate surface area is 131 Å². The van der Waals surface area contributed by atoms with Crippen molar-refractivity contribution in [2.24, 2.45) is 0 Å². The van der Waals surface area contributed by atoms with E-state index in [0.29, 0.717) is 12.3 Å². The SMILES string of the molecule is CCc1cc(C2CC2)nc(NS(=O)(=O)[C@H](C)C(=O)N(C)C)n1. The first kappa shape index (κ1) is 16.7. The van der Waals surface area contributed by atoms with Crippen molar-refractivity contribution in [2.75, 3.05) is 18.8 Å². The molecule has 8 heteroatoms. The second-order valence-corrected chi connectivity index (χ2v) is 7.76. The van der Waals surface area contributed by atoms with Crippen molar-refractivity contribution >= 4 is 21.9 Å². The molecule has 1 fully saturated rings. The summed E-state index contributed by atoms with van der Waals surface area (Å²) in [7, 11) is -0.828. The maximum Gasteiger partial charge on any atom is 0.246 e. The van der Waals surface area contributed by atoms with Crippen LogP contribution in [0.4, 0.5) is 5.95 Å². The Balaban J connectivity index is 2.25. The van der Waals surface area contributed by atoms with E-state index in [-0.39, 0.29) is 5.95 Å². The van der Waals surface area contributed by atoms with Crippen molar-refractivity contribution < 1.29 is 13.2 Å². The van der Waals surface area contributed by atoms with Crippen LogP contribution < -0.4 is 4.72 Å². The van der Waals surface area contributed by atoms with Gasteiger partial charge in [-0.05, 0) is 32.3 Å². The summed E-state index contributed by atoms with van der Waals surface area (Å²) in [6.07, 6.45) is 2.84. The van der Waals surface area contributed by atoms with E-state index in [1.165, 1.54) is 25.9 Å². The number of sulfonamides is 1. The lowest BCUT2D eigenvalue weighted by Crippen LogP contribution is -2.40. The Morgan fingerprint density at radius 2 is 2.05 bits per heavy atom. The molecule has 1 aliphatic rings. The average molecular weight is 326 g/mol. The van der Waals surface area contributed by atoms with Crippen molar-refractivity contribution in [3.63, 3.8) is 0 Å². The molecule has 1 aromatic rings. The summed E-state index contributed by atoms with van der Waals surface area (Å²) < 4.78 is 27.0. The van der Waals surface area contributed by atoms with E-state index in [1.807, 2.05) is 13.0 Å². The summed E-state index contributed by atoms with van der Waals surface area (Å²) in [5.74, 6) is -0.0291. The van der Waals surface area contributed by atoms with E-state index in [1.54, 1.807) is 0 Å². The van der Waals surface area contributed by atoms with Crippen LogP contribution in [0.3, 0.4) is 0 Å². The number of nitrogens with zero attached hydrogens (tertiary/aromatic N) is 3. The van der Waals surface area contributed by atoms with E-state index < -0.39 is 21.2 Å². The van der Waals surface area contributed by atoms with E-state index in [9.17, 15) is 13.2 Å². The first-order chi connectivity index (χ1) is 10.2. The molecular formula is C14H22N4O3S. The van der Waals surface area contributed by atoms with Crippen molar-refractivity contribution in [1.29, 1.82) is 0 Å². The summed E-state index contributed by atoms with van der Waals surface area (Å²) in [5.41, 5.74) is 1.66. The van der Waals surface area contributed by atoms with Crippen LogP contribution in [0.15, 0.2) is 6.07 Å². The molecule has 1 aromatic heterocycles. The van der Waals surface area contributed by atoms with Crippen LogP contribution in [0.5, 0.6) is 0 Å². The van der Waals surface area contributed by atoms with Crippen molar-refractivity contribution in [3.05, 3.63) is 17.5 Å². The zero-order chi connectivity index (χ0) is 16.5. The van der Waals surface area contributed by atoms with Gasteiger partial charge in [0.1, 0.15) is 0 Å². The normalized spacial score (nSPS) is 16.2. The Bertz CT molecular complexity index is 669. The third kappa shape index (κ3) is 3.73. The van der Waals surface area contributed by atoms with E-state index in [0.717, 1.165) is 24.2 Å². The number of aryl methyl sites for hydroxylation is 1. The minimum absolute atomic E-state index is 0.0552. The third-order valence-corrected chi connectivity index (χ3v) is 5.24. The predicted octanol–water partition coefficient (Wildman–Crippen LogP) is 1.13. The van der Waals surface area contributed by atoms with Gasteiger partial charge in [0, 0.05) is 31.4 Å². The zero-order valence-corrected chi connectivity index (χ0v) is 14.1. The maximum atomic E-state index is 12.3. The van der Waals surface area contributed by atoms with Gasteiger partial charge in [0.2, 0.25) is 21.9 Å². The Morgan fingerprint density at radius 3 is 2.55 bits per heavy atom. The summed E-state index contributed by atoms with van der Waals surface area (Å²) in [4.78, 5) is 21.6. The molecule has 1 saturated carbocycles. The Hall–Kier alpha value is -1.70. The fourth-order valence-corrected chi connectivity index (χ4v) is 3.04. The van der Waals surface area contributed by atoms with Crippen LogP contribution in [-0.4, -0.2) is 48.5 Å². The molecule has 0 aliphatic heterocycles. The third-order valence-electron chi connectivity index (χ3n) is 3.64. The first-order valence-electron chi connectivity index (χ1n) is 7.35. The monoisotopic (exact) mass is 326 g/mol. The number of carbonyl (C=O) groups is 1. The summed E-state index contributed by atoms with van der Waals surface area (Å²) in [6.45, 7) is 3.31. The molecule has 1 amide bonds. The lowest BCUT2D eigenvalue weighted by atomic mass is 10.2. The van der Waals surface area contributed by atoms with Crippen LogP contribution >= 0.6 is 0 Å². The van der Waals surface area contributed by atoms with E-state index in [2.05, 4.69) is 14.7 Å². The lowest BCUT2D eigenvalue weighted by Gasteiger charge is -2.18. The van der Waals surface area contributed by atoms with Crippen molar-refractivity contribution in [3.8, 4) is 0 Å². The van der Waals surface area contributed by atoms with Gasteiger partial charge < -0.3 is 4.90 Å². The number of carbonyl (C=O) groups excluding carboxylic acids is 1. The lowest BCUT2D eigenvalue weighted by molar-refractivity contribution is -0.127. The molecule has 122 valence electrons. The summed E-state index contributed by atoms with van der Waals surface area (Å²) >= 11 is 0. The molecule has 0 spiro atoms. The van der Waals surface area contributed by atoms with Gasteiger partial charge in [0.05, 0.1) is 0 Å². The molecule has 1 atom stereocenters. The highest BCUT2D eigenvalue weighted by Gasteiger charge is 2.31. The highest BCUT2D eigenvalue weighted by molar-refractivity contribution is 7.94. The summed E-state index contributed by atoms with van der Waals surface area (Å²) in [6, 6.07) is 1.92. The topological polar surface area (TPSA) is 92.3 Å². The second kappa shape index (κ2) is 6.20. The van der Waals surface area contributed by atoms with Crippen molar-refractivity contribution in [1.82, 2.24) is 14.9 Å². The number of hydrogen-bond donors (Lipinski definition) is 1. The number of hydrogen-bond acceptors (Lipinski definition) is 5. The maximum absolute atomic E-state index is 12.3. The molecule has 7 nitrogen and oxygen atoms in total. The number of anilines is 1. The summed E-state index contributed by atoms with van der Waals surface area (Å²) in [5, 5.41) is -1.19. The molecule has 0 radical (unpaired) electrons. The largest absolute Gasteiger partial charge is 0.348 e. The average Bonchev–Trinajstić information content (AvgIpc) is 3.29. The van der Waals surface area contributed by atoms with Crippen molar-refractivity contribution in [2.45, 2.75) is 44.3 Å². The molecular weight excluding hydrogens is 304 g/mol. The van der Waals surface area contributed by atoms with Crippen LogP contribution in [-0.2, 0) is 21.2 Å². The van der Waals surface area contributed by atoms with E-state index in [4.69, 9.17) is 0 Å². The zero-order valence-electron chi connectivity index (χ0n) is 13.3. The molecule has 2 rings (SSSR count). The molecule has 0 bridgehead atoms. The first-order valence-corrected chi connectivity index (χ1v) is 8.90. The highest BCUT2D eigenvalue weighted by Crippen LogP contribution is 2.39. The van der Waals surface area contributed by atoms with Gasteiger partial charge in [-0.3, -0.25) is 9.52 Å². The van der Waals surface area contributed by atoms with Gasteiger partial charge in [0.15, 0.2) is 5.25 Å². The number of aromatic nitrogens is 2. The Morgan fingerprint density at radius 1 is 1.41 bits per heavy atom. The minimum Gasteiger partial charge on any atom is -0.348 e. The van der Waals surface area contributed by atoms with Gasteiger partial charge >= 0.3 is 0 Å². The van der Waals surface area contributed by atoms with Gasteiger partial charge in [-0.15, -0.1) is 0 Å². The van der Waals surface area contributed by atoms with Gasteiger partial charge in [-0.25, -0.2) is 18.4 Å². The molecule has 0 unspecified atom stereocenters. The van der Waals surface area contributed by atoms with Crippen LogP contribution in [0, 0.1) is 0 Å². The van der Waals surface area contributed by atoms with Gasteiger partial charge in [-0.1, -0.05) is 6.92 Å². The number of amides is 1. The standard InChI is InChI=1S/C14H22N4O3S/c1-5-11-8-12(10-6-7-10)16-14(15-11)17-22(20,21)9(2)13(19)18(3)4/h8-10H,5-7H2,1-4H3,(H,15,16,17)/t9-/m1/s1. The molecule has 1 aliphatic carbocycles. The minimum atomic E-state index is -3.87. The highest BCUT2D eigenvalue weighted by atomic mass is 32.2. The van der Waals surface area contributed by atoms with Crippen LogP contribution in [0.1, 0.15) is 44.0 Å². The molecule has 1 heterocycles. The van der Waals surface area contributed by atoms with Crippen LogP contribution in [0.2, 0.25) is 0 Å². The van der Waals surface area contributed by atoms with Gasteiger partial charge in [0.25, 0.3) is 0 Å². The molecule has 0 aromatic carbocycles. The number of rotatable bonds is 6. The molecule has 0 saturated heterocycles. The predicted molar refractivity (Wildman–Crippen MR) is 84.1 cm³/mol. The second-order valence-electron chi connectivity index (χ2n) is 5.76. The van der Waals surface area contributed by atoms with E-state index >= 15 is 0 Å². The fraction of sp³-hybridized carbons (Fsp3) is 0.643. The molecule has 22 heavy (non-hydrogen) atoms. The quantitative estimate of drug-likeness (QED) is 0.846. The smallest absolute Gasteiger partial charge is 0.246 e. The number of nitrogens with one attached hydrogen (secondary N) is 1. The fourth-order valence-electron chi connectivity index (χ4n) is 2.05.